The van der Waals surface area contributed by atoms with Crippen molar-refractivity contribution in [1.29, 1.82) is 0 Å². The largest absolute Gasteiger partial charge is 0.491 e. The van der Waals surface area contributed by atoms with Crippen LogP contribution >= 0.6 is 22.6 Å². The Labute approximate surface area is 106 Å². The first-order valence-electron chi connectivity index (χ1n) is 5.47. The van der Waals surface area contributed by atoms with Crippen molar-refractivity contribution in [3.8, 4) is 5.75 Å². The number of hydrogen-bond acceptors (Lipinski definition) is 1. The van der Waals surface area contributed by atoms with Crippen molar-refractivity contribution in [2.45, 2.75) is 43.6 Å². The van der Waals surface area contributed by atoms with Gasteiger partial charge in [-0.15, -0.1) is 0 Å². The van der Waals surface area contributed by atoms with Gasteiger partial charge in [-0.25, -0.2) is 0 Å². The summed E-state index contributed by atoms with van der Waals surface area (Å²) in [7, 11) is 0. The molecule has 0 bridgehead atoms. The van der Waals surface area contributed by atoms with Crippen molar-refractivity contribution in [3.05, 3.63) is 29.8 Å². The minimum Gasteiger partial charge on any atom is -0.491 e. The van der Waals surface area contributed by atoms with Crippen molar-refractivity contribution in [2.24, 2.45) is 0 Å². The number of hydrogen-bond donors (Lipinski definition) is 0. The topological polar surface area (TPSA) is 9.23 Å². The second kappa shape index (κ2) is 6.36. The van der Waals surface area contributed by atoms with Gasteiger partial charge in [0.1, 0.15) is 5.75 Å². The molecule has 1 aromatic rings. The zero-order valence-corrected chi connectivity index (χ0v) is 11.8. The second-order valence-electron chi connectivity index (χ2n) is 4.13. The van der Waals surface area contributed by atoms with Crippen LogP contribution in [0.2, 0.25) is 0 Å². The Morgan fingerprint density at radius 1 is 1.13 bits per heavy atom. The molecule has 2 heteroatoms. The Bertz CT molecular complexity index is 277. The van der Waals surface area contributed by atoms with Crippen molar-refractivity contribution < 1.29 is 4.74 Å². The van der Waals surface area contributed by atoms with Gasteiger partial charge in [0.05, 0.1) is 6.10 Å². The van der Waals surface area contributed by atoms with E-state index in [1.165, 1.54) is 12.0 Å². The first-order valence-corrected chi connectivity index (χ1v) is 6.72. The van der Waals surface area contributed by atoms with E-state index in [9.17, 15) is 0 Å². The van der Waals surface area contributed by atoms with Gasteiger partial charge in [0.2, 0.25) is 0 Å². The van der Waals surface area contributed by atoms with Crippen LogP contribution in [0.1, 0.15) is 32.8 Å². The summed E-state index contributed by atoms with van der Waals surface area (Å²) in [6.07, 6.45) is 2.65. The van der Waals surface area contributed by atoms with Crippen LogP contribution in [0.4, 0.5) is 0 Å². The lowest BCUT2D eigenvalue weighted by atomic mass is 10.1. The van der Waals surface area contributed by atoms with Crippen molar-refractivity contribution >= 4 is 22.6 Å². The summed E-state index contributed by atoms with van der Waals surface area (Å²) in [5.41, 5.74) is 1.40. The zero-order chi connectivity index (χ0) is 11.3. The summed E-state index contributed by atoms with van der Waals surface area (Å²) in [5, 5.41) is 0. The summed E-state index contributed by atoms with van der Waals surface area (Å²) in [4.78, 5) is 0. The first-order chi connectivity index (χ1) is 7.08. The van der Waals surface area contributed by atoms with Crippen LogP contribution in [0.3, 0.4) is 0 Å². The fourth-order valence-electron chi connectivity index (χ4n) is 1.37. The highest BCUT2D eigenvalue weighted by Gasteiger charge is 2.00. The van der Waals surface area contributed by atoms with E-state index in [-0.39, 0.29) is 6.10 Å². The molecule has 1 unspecified atom stereocenters. The third-order valence-electron chi connectivity index (χ3n) is 2.13. The number of ether oxygens (including phenoxy) is 1. The highest BCUT2D eigenvalue weighted by atomic mass is 127. The van der Waals surface area contributed by atoms with Crippen LogP contribution in [0.5, 0.6) is 5.75 Å². The standard InChI is InChI=1S/C13H19IO/c1-10(2)15-13-8-6-12(7-9-13)5-4-11(3)14/h6-11H,4-5H2,1-3H3. The third-order valence-corrected chi connectivity index (χ3v) is 2.75. The molecule has 0 spiro atoms. The Morgan fingerprint density at radius 2 is 1.73 bits per heavy atom. The lowest BCUT2D eigenvalue weighted by Gasteiger charge is -2.10. The summed E-state index contributed by atoms with van der Waals surface area (Å²) in [6, 6.07) is 8.45. The Kier molecular flexibility index (Phi) is 5.43. The molecule has 84 valence electrons. The SMILES string of the molecule is CC(I)CCc1ccc(OC(C)C)cc1. The van der Waals surface area contributed by atoms with Gasteiger partial charge in [-0.2, -0.15) is 0 Å². The maximum Gasteiger partial charge on any atom is 0.119 e. The van der Waals surface area contributed by atoms with E-state index >= 15 is 0 Å². The number of benzene rings is 1. The van der Waals surface area contributed by atoms with E-state index in [0.29, 0.717) is 0 Å². The zero-order valence-electron chi connectivity index (χ0n) is 9.66. The molecule has 0 amide bonds. The normalized spacial score (nSPS) is 12.9. The van der Waals surface area contributed by atoms with Gasteiger partial charge in [-0.1, -0.05) is 41.6 Å². The van der Waals surface area contributed by atoms with Crippen LogP contribution in [0, 0.1) is 0 Å². The molecule has 0 aliphatic rings. The summed E-state index contributed by atoms with van der Waals surface area (Å²) in [6.45, 7) is 6.34. The average molecular weight is 318 g/mol. The fraction of sp³-hybridized carbons (Fsp3) is 0.538. The molecular weight excluding hydrogens is 299 g/mol. The summed E-state index contributed by atoms with van der Waals surface area (Å²) < 4.78 is 6.34. The van der Waals surface area contributed by atoms with Crippen LogP contribution in [0.15, 0.2) is 24.3 Å². The molecule has 1 atom stereocenters. The van der Waals surface area contributed by atoms with Gasteiger partial charge in [0.25, 0.3) is 0 Å². The van der Waals surface area contributed by atoms with Gasteiger partial charge >= 0.3 is 0 Å². The maximum absolute atomic E-state index is 5.59. The Morgan fingerprint density at radius 3 is 2.20 bits per heavy atom. The maximum atomic E-state index is 5.59. The molecule has 0 aliphatic heterocycles. The van der Waals surface area contributed by atoms with Gasteiger partial charge in [0, 0.05) is 3.92 Å². The Hall–Kier alpha value is -0.250. The van der Waals surface area contributed by atoms with Crippen molar-refractivity contribution in [3.63, 3.8) is 0 Å². The molecule has 0 saturated heterocycles. The second-order valence-corrected chi connectivity index (χ2v) is 6.26. The lowest BCUT2D eigenvalue weighted by Crippen LogP contribution is -2.05. The fourth-order valence-corrected chi connectivity index (χ4v) is 1.68. The van der Waals surface area contributed by atoms with E-state index in [1.54, 1.807) is 0 Å². The van der Waals surface area contributed by atoms with E-state index in [2.05, 4.69) is 53.8 Å². The monoisotopic (exact) mass is 318 g/mol. The van der Waals surface area contributed by atoms with Gasteiger partial charge in [0.15, 0.2) is 0 Å². The van der Waals surface area contributed by atoms with Crippen LogP contribution in [-0.2, 0) is 6.42 Å². The molecule has 0 N–H and O–H groups in total. The molecule has 0 aliphatic carbocycles. The van der Waals surface area contributed by atoms with Crippen LogP contribution < -0.4 is 4.74 Å². The molecule has 0 fully saturated rings. The van der Waals surface area contributed by atoms with Crippen LogP contribution in [0.25, 0.3) is 0 Å². The predicted octanol–water partition coefficient (Wildman–Crippen LogP) is 4.23. The first kappa shape index (κ1) is 12.8. The van der Waals surface area contributed by atoms with Crippen LogP contribution in [-0.4, -0.2) is 10.0 Å². The van der Waals surface area contributed by atoms with E-state index < -0.39 is 0 Å². The molecular formula is C13H19IO. The predicted molar refractivity (Wildman–Crippen MR) is 74.0 cm³/mol. The summed E-state index contributed by atoms with van der Waals surface area (Å²) in [5.74, 6) is 0.969. The quantitative estimate of drug-likeness (QED) is 0.583. The number of rotatable bonds is 5. The van der Waals surface area contributed by atoms with E-state index in [0.717, 1.165) is 16.1 Å². The molecule has 0 heterocycles. The number of alkyl halides is 1. The highest BCUT2D eigenvalue weighted by molar-refractivity contribution is 14.1. The average Bonchev–Trinajstić information content (AvgIpc) is 2.16. The molecule has 0 radical (unpaired) electrons. The third kappa shape index (κ3) is 5.40. The molecule has 15 heavy (non-hydrogen) atoms. The summed E-state index contributed by atoms with van der Waals surface area (Å²) >= 11 is 2.47. The van der Waals surface area contributed by atoms with Crippen molar-refractivity contribution in [2.75, 3.05) is 0 Å². The van der Waals surface area contributed by atoms with Crippen molar-refractivity contribution in [1.82, 2.24) is 0 Å². The van der Waals surface area contributed by atoms with Gasteiger partial charge in [-0.05, 0) is 44.4 Å². The van der Waals surface area contributed by atoms with E-state index in [4.69, 9.17) is 4.74 Å². The Balaban J connectivity index is 2.49. The smallest absolute Gasteiger partial charge is 0.119 e. The minimum absolute atomic E-state index is 0.255. The molecule has 1 aromatic carbocycles. The van der Waals surface area contributed by atoms with E-state index in [1.807, 2.05) is 13.8 Å². The number of halogens is 1. The molecule has 1 rings (SSSR count). The number of aryl methyl sites for hydroxylation is 1. The molecule has 0 aromatic heterocycles. The van der Waals surface area contributed by atoms with Gasteiger partial charge in [-0.3, -0.25) is 0 Å². The molecule has 0 saturated carbocycles. The minimum atomic E-state index is 0.255. The van der Waals surface area contributed by atoms with Gasteiger partial charge < -0.3 is 4.74 Å². The molecule has 1 nitrogen and oxygen atoms in total. The lowest BCUT2D eigenvalue weighted by molar-refractivity contribution is 0.242. The highest BCUT2D eigenvalue weighted by Crippen LogP contribution is 2.16.